The quantitative estimate of drug-likeness (QED) is 0.652. The van der Waals surface area contributed by atoms with Crippen molar-refractivity contribution < 1.29 is 22.7 Å². The second-order valence-corrected chi connectivity index (χ2v) is 4.89. The van der Waals surface area contributed by atoms with Crippen LogP contribution in [0, 0.1) is 0 Å². The van der Waals surface area contributed by atoms with Gasteiger partial charge in [-0.05, 0) is 17.7 Å². The van der Waals surface area contributed by atoms with Gasteiger partial charge in [0.2, 0.25) is 0 Å². The summed E-state index contributed by atoms with van der Waals surface area (Å²) in [6.07, 6.45) is -4.35. The van der Waals surface area contributed by atoms with Crippen molar-refractivity contribution in [1.29, 1.82) is 0 Å². The Morgan fingerprint density at radius 1 is 1.17 bits per heavy atom. The van der Waals surface area contributed by atoms with Gasteiger partial charge in [0.15, 0.2) is 0 Å². The van der Waals surface area contributed by atoms with Crippen LogP contribution in [0.2, 0.25) is 0 Å². The summed E-state index contributed by atoms with van der Waals surface area (Å²) in [7, 11) is 0. The Kier molecular flexibility index (Phi) is 8.90. The van der Waals surface area contributed by atoms with Crippen molar-refractivity contribution in [3.63, 3.8) is 0 Å². The van der Waals surface area contributed by atoms with Crippen molar-refractivity contribution in [2.45, 2.75) is 19.1 Å². The third-order valence-electron chi connectivity index (χ3n) is 3.28. The van der Waals surface area contributed by atoms with Gasteiger partial charge in [0, 0.05) is 33.1 Å². The van der Waals surface area contributed by atoms with E-state index in [4.69, 9.17) is 4.74 Å². The molecule has 0 radical (unpaired) electrons. The van der Waals surface area contributed by atoms with Crippen molar-refractivity contribution in [3.05, 3.63) is 29.8 Å². The average Bonchev–Trinajstić information content (AvgIpc) is 2.40. The first-order valence-electron chi connectivity index (χ1n) is 6.68. The van der Waals surface area contributed by atoms with Gasteiger partial charge in [-0.3, -0.25) is 9.69 Å². The number of hydrogen-bond donors (Lipinski definition) is 1. The highest BCUT2D eigenvalue weighted by Gasteiger charge is 2.44. The normalized spacial score (nSPS) is 16.7. The molecule has 1 aromatic carbocycles. The molecule has 1 heterocycles. The van der Waals surface area contributed by atoms with Crippen molar-refractivity contribution in [2.24, 2.45) is 0 Å². The first kappa shape index (κ1) is 22.0. The van der Waals surface area contributed by atoms with E-state index in [0.29, 0.717) is 26.2 Å². The van der Waals surface area contributed by atoms with Gasteiger partial charge in [-0.1, -0.05) is 12.1 Å². The summed E-state index contributed by atoms with van der Waals surface area (Å²) < 4.78 is 44.9. The van der Waals surface area contributed by atoms with E-state index in [0.717, 1.165) is 0 Å². The molecule has 1 N–H and O–H groups in total. The highest BCUT2D eigenvalue weighted by molar-refractivity contribution is 5.85. The first-order valence-corrected chi connectivity index (χ1v) is 6.68. The number of hydrogen-bond acceptors (Lipinski definition) is 4. The first-order chi connectivity index (χ1) is 9.88. The molecule has 0 bridgehead atoms. The molecule has 0 aromatic heterocycles. The van der Waals surface area contributed by atoms with Crippen LogP contribution in [-0.4, -0.2) is 43.2 Å². The van der Waals surface area contributed by atoms with Crippen LogP contribution in [0.1, 0.15) is 18.5 Å². The molecule has 2 rings (SSSR count). The van der Waals surface area contributed by atoms with Gasteiger partial charge in [-0.25, -0.2) is 0 Å². The fourth-order valence-corrected chi connectivity index (χ4v) is 2.43. The molecule has 1 aromatic rings. The van der Waals surface area contributed by atoms with Crippen LogP contribution in [0.15, 0.2) is 24.3 Å². The van der Waals surface area contributed by atoms with Crippen LogP contribution < -0.4 is 10.1 Å². The molecule has 0 saturated carbocycles. The maximum absolute atomic E-state index is 13.4. The molecule has 132 valence electrons. The summed E-state index contributed by atoms with van der Waals surface area (Å²) in [4.78, 5) is 12.2. The zero-order valence-corrected chi connectivity index (χ0v) is 14.1. The molecular formula is C14H19Cl2F3N2O2. The number of carbonyl (C=O) groups is 1. The molecule has 1 aliphatic heterocycles. The minimum atomic E-state index is -4.35. The largest absolute Gasteiger partial charge is 0.427 e. The summed E-state index contributed by atoms with van der Waals surface area (Å²) in [5.74, 6) is -0.260. The average molecular weight is 375 g/mol. The number of benzene rings is 1. The number of esters is 1. The van der Waals surface area contributed by atoms with Gasteiger partial charge in [0.05, 0.1) is 0 Å². The van der Waals surface area contributed by atoms with Gasteiger partial charge in [-0.15, -0.1) is 24.8 Å². The van der Waals surface area contributed by atoms with Crippen LogP contribution in [-0.2, 0) is 4.79 Å². The Morgan fingerprint density at radius 3 is 2.13 bits per heavy atom. The van der Waals surface area contributed by atoms with Crippen molar-refractivity contribution in [3.8, 4) is 5.75 Å². The Balaban J connectivity index is 0.00000242. The second kappa shape index (κ2) is 9.32. The van der Waals surface area contributed by atoms with E-state index in [9.17, 15) is 18.0 Å². The number of piperazine rings is 1. The van der Waals surface area contributed by atoms with Crippen LogP contribution in [0.5, 0.6) is 5.75 Å². The van der Waals surface area contributed by atoms with Gasteiger partial charge >= 0.3 is 12.1 Å². The number of nitrogens with zero attached hydrogens (tertiary/aromatic N) is 1. The van der Waals surface area contributed by atoms with E-state index in [1.807, 2.05) is 0 Å². The predicted octanol–water partition coefficient (Wildman–Crippen LogP) is 2.96. The number of nitrogens with one attached hydrogen (secondary N) is 1. The number of ether oxygens (including phenoxy) is 1. The lowest BCUT2D eigenvalue weighted by molar-refractivity contribution is -0.187. The zero-order chi connectivity index (χ0) is 15.5. The Labute approximate surface area is 145 Å². The molecular weight excluding hydrogens is 356 g/mol. The van der Waals surface area contributed by atoms with Gasteiger partial charge in [-0.2, -0.15) is 13.2 Å². The Hall–Kier alpha value is -1.02. The van der Waals surface area contributed by atoms with Gasteiger partial charge in [0.1, 0.15) is 11.8 Å². The lowest BCUT2D eigenvalue weighted by atomic mass is 10.0. The molecule has 1 saturated heterocycles. The number of halogens is 5. The van der Waals surface area contributed by atoms with E-state index in [1.165, 1.54) is 36.1 Å². The second-order valence-electron chi connectivity index (χ2n) is 4.89. The SMILES string of the molecule is CC(=O)Oc1ccc([C@@H](N2CCNCC2)C(F)(F)F)cc1.Cl.Cl. The maximum Gasteiger partial charge on any atom is 0.408 e. The van der Waals surface area contributed by atoms with Crippen molar-refractivity contribution in [2.75, 3.05) is 26.2 Å². The lowest BCUT2D eigenvalue weighted by Crippen LogP contribution is -2.49. The molecule has 0 amide bonds. The predicted molar refractivity (Wildman–Crippen MR) is 85.5 cm³/mol. The molecule has 1 atom stereocenters. The van der Waals surface area contributed by atoms with E-state index < -0.39 is 18.2 Å². The molecule has 4 nitrogen and oxygen atoms in total. The minimum absolute atomic E-state index is 0. The molecule has 0 spiro atoms. The topological polar surface area (TPSA) is 41.6 Å². The monoisotopic (exact) mass is 374 g/mol. The summed E-state index contributed by atoms with van der Waals surface area (Å²) in [6.45, 7) is 3.01. The molecule has 0 unspecified atom stereocenters. The standard InChI is InChI=1S/C14H17F3N2O2.2ClH/c1-10(20)21-12-4-2-11(3-5-12)13(14(15,16)17)19-8-6-18-7-9-19;;/h2-5,13,18H,6-9H2,1H3;2*1H/t13-;;/m1../s1. The Morgan fingerprint density at radius 2 is 1.70 bits per heavy atom. The summed E-state index contributed by atoms with van der Waals surface area (Å²) in [6, 6.07) is 3.86. The van der Waals surface area contributed by atoms with Crippen LogP contribution in [0.3, 0.4) is 0 Å². The molecule has 1 fully saturated rings. The zero-order valence-electron chi connectivity index (χ0n) is 12.4. The fourth-order valence-electron chi connectivity index (χ4n) is 2.43. The van der Waals surface area contributed by atoms with Crippen LogP contribution in [0.25, 0.3) is 0 Å². The van der Waals surface area contributed by atoms with Crippen molar-refractivity contribution >= 4 is 30.8 Å². The summed E-state index contributed by atoms with van der Waals surface area (Å²) >= 11 is 0. The van der Waals surface area contributed by atoms with Gasteiger partial charge < -0.3 is 10.1 Å². The minimum Gasteiger partial charge on any atom is -0.427 e. The molecule has 1 aliphatic rings. The number of rotatable bonds is 3. The lowest BCUT2D eigenvalue weighted by Gasteiger charge is -2.36. The van der Waals surface area contributed by atoms with Crippen LogP contribution >= 0.6 is 24.8 Å². The molecule has 0 aliphatic carbocycles. The molecule has 23 heavy (non-hydrogen) atoms. The van der Waals surface area contributed by atoms with E-state index >= 15 is 0 Å². The highest BCUT2D eigenvalue weighted by Crippen LogP contribution is 2.38. The Bertz CT molecular complexity index is 492. The van der Waals surface area contributed by atoms with E-state index in [-0.39, 0.29) is 36.1 Å². The third kappa shape index (κ3) is 6.18. The summed E-state index contributed by atoms with van der Waals surface area (Å²) in [5, 5.41) is 3.04. The summed E-state index contributed by atoms with van der Waals surface area (Å²) in [5.41, 5.74) is 0.153. The number of alkyl halides is 3. The van der Waals surface area contributed by atoms with Crippen LogP contribution in [0.4, 0.5) is 13.2 Å². The maximum atomic E-state index is 13.4. The fraction of sp³-hybridized carbons (Fsp3) is 0.500. The van der Waals surface area contributed by atoms with Crippen molar-refractivity contribution in [1.82, 2.24) is 10.2 Å². The highest BCUT2D eigenvalue weighted by atomic mass is 35.5. The third-order valence-corrected chi connectivity index (χ3v) is 3.28. The number of carbonyl (C=O) groups excluding carboxylic acids is 1. The van der Waals surface area contributed by atoms with Gasteiger partial charge in [0.25, 0.3) is 0 Å². The molecule has 9 heteroatoms. The smallest absolute Gasteiger partial charge is 0.408 e. The van der Waals surface area contributed by atoms with E-state index in [2.05, 4.69) is 5.32 Å². The van der Waals surface area contributed by atoms with E-state index in [1.54, 1.807) is 0 Å².